The Labute approximate surface area is 111 Å². The molecule has 0 amide bonds. The van der Waals surface area contributed by atoms with E-state index in [-0.39, 0.29) is 0 Å². The smallest absolute Gasteiger partial charge is 0.203 e. The lowest BCUT2D eigenvalue weighted by Crippen LogP contribution is -2.22. The van der Waals surface area contributed by atoms with Gasteiger partial charge in [0.25, 0.3) is 0 Å². The van der Waals surface area contributed by atoms with E-state index in [1.165, 1.54) is 32.1 Å². The summed E-state index contributed by atoms with van der Waals surface area (Å²) in [6.07, 6.45) is 8.93. The molecule has 0 aromatic carbocycles. The van der Waals surface area contributed by atoms with Crippen molar-refractivity contribution in [2.45, 2.75) is 71.9 Å². The number of aromatic nitrogens is 2. The van der Waals surface area contributed by atoms with Gasteiger partial charge in [0.15, 0.2) is 0 Å². The summed E-state index contributed by atoms with van der Waals surface area (Å²) < 4.78 is 2.39. The Balaban J connectivity index is 2.15. The molecule has 0 spiro atoms. The summed E-state index contributed by atoms with van der Waals surface area (Å²) in [6, 6.07) is 1.09. The van der Waals surface area contributed by atoms with Gasteiger partial charge in [-0.25, -0.2) is 4.98 Å². The van der Waals surface area contributed by atoms with Gasteiger partial charge in [-0.15, -0.1) is 0 Å². The number of rotatable bonds is 4. The fourth-order valence-electron chi connectivity index (χ4n) is 3.05. The molecule has 0 bridgehead atoms. The van der Waals surface area contributed by atoms with Crippen LogP contribution in [0.5, 0.6) is 0 Å². The number of nitrogens with one attached hydrogen (secondary N) is 1. The van der Waals surface area contributed by atoms with E-state index in [0.717, 1.165) is 17.6 Å². The third-order valence-electron chi connectivity index (χ3n) is 4.00. The number of hydrogen-bond acceptors (Lipinski definition) is 2. The van der Waals surface area contributed by atoms with E-state index in [0.29, 0.717) is 12.1 Å². The first kappa shape index (κ1) is 13.4. The largest absolute Gasteiger partial charge is 0.353 e. The van der Waals surface area contributed by atoms with Crippen LogP contribution in [-0.4, -0.2) is 15.6 Å². The van der Waals surface area contributed by atoms with Crippen LogP contribution in [0.3, 0.4) is 0 Å². The first-order chi connectivity index (χ1) is 8.60. The highest BCUT2D eigenvalue weighted by Gasteiger charge is 2.24. The van der Waals surface area contributed by atoms with E-state index in [4.69, 9.17) is 0 Å². The van der Waals surface area contributed by atoms with Crippen LogP contribution in [0.4, 0.5) is 5.95 Å². The fourth-order valence-corrected chi connectivity index (χ4v) is 3.05. The van der Waals surface area contributed by atoms with Gasteiger partial charge >= 0.3 is 0 Å². The van der Waals surface area contributed by atoms with Crippen molar-refractivity contribution in [3.8, 4) is 0 Å². The van der Waals surface area contributed by atoms with E-state index < -0.39 is 0 Å². The van der Waals surface area contributed by atoms with E-state index >= 15 is 0 Å². The molecular weight excluding hydrogens is 222 g/mol. The molecule has 1 aromatic rings. The van der Waals surface area contributed by atoms with Gasteiger partial charge in [-0.3, -0.25) is 0 Å². The lowest BCUT2D eigenvalue weighted by molar-refractivity contribution is 0.263. The minimum absolute atomic E-state index is 0.441. The number of anilines is 1. The molecule has 0 aliphatic heterocycles. The van der Waals surface area contributed by atoms with Crippen LogP contribution in [0, 0.1) is 12.8 Å². The summed E-state index contributed by atoms with van der Waals surface area (Å²) in [5, 5.41) is 3.48. The second kappa shape index (κ2) is 5.77. The van der Waals surface area contributed by atoms with Crippen LogP contribution in [-0.2, 0) is 0 Å². The highest BCUT2D eigenvalue weighted by molar-refractivity contribution is 5.30. The molecule has 1 saturated carbocycles. The average molecular weight is 249 g/mol. The zero-order chi connectivity index (χ0) is 13.1. The van der Waals surface area contributed by atoms with Gasteiger partial charge in [0.1, 0.15) is 0 Å². The van der Waals surface area contributed by atoms with Gasteiger partial charge in [-0.2, -0.15) is 0 Å². The molecule has 1 N–H and O–H groups in total. The van der Waals surface area contributed by atoms with Crippen LogP contribution < -0.4 is 5.32 Å². The predicted molar refractivity (Wildman–Crippen MR) is 77.0 cm³/mol. The van der Waals surface area contributed by atoms with Crippen molar-refractivity contribution in [3.05, 3.63) is 11.9 Å². The lowest BCUT2D eigenvalue weighted by Gasteiger charge is -2.30. The summed E-state index contributed by atoms with van der Waals surface area (Å²) >= 11 is 0. The highest BCUT2D eigenvalue weighted by atomic mass is 15.2. The summed E-state index contributed by atoms with van der Waals surface area (Å²) in [6.45, 7) is 8.75. The molecule has 18 heavy (non-hydrogen) atoms. The van der Waals surface area contributed by atoms with Crippen LogP contribution in [0.25, 0.3) is 0 Å². The zero-order valence-corrected chi connectivity index (χ0v) is 12.2. The molecule has 1 fully saturated rings. The normalized spacial score (nSPS) is 24.5. The van der Waals surface area contributed by atoms with Gasteiger partial charge in [0.2, 0.25) is 5.95 Å². The van der Waals surface area contributed by atoms with E-state index in [9.17, 15) is 0 Å². The van der Waals surface area contributed by atoms with E-state index in [1.807, 2.05) is 0 Å². The Morgan fingerprint density at radius 1 is 1.44 bits per heavy atom. The topological polar surface area (TPSA) is 29.9 Å². The van der Waals surface area contributed by atoms with Gasteiger partial charge in [0.05, 0.1) is 5.69 Å². The Bertz CT molecular complexity index is 381. The molecule has 2 rings (SSSR count). The maximum atomic E-state index is 4.63. The number of imidazole rings is 1. The molecule has 2 atom stereocenters. The SMILES string of the molecule is CCC1CCCC(n2cc(C)nc2NC(C)C)C1. The van der Waals surface area contributed by atoms with E-state index in [2.05, 4.69) is 48.8 Å². The Kier molecular flexibility index (Phi) is 4.31. The van der Waals surface area contributed by atoms with Crippen LogP contribution >= 0.6 is 0 Å². The number of aryl methyl sites for hydroxylation is 1. The Morgan fingerprint density at radius 2 is 2.22 bits per heavy atom. The van der Waals surface area contributed by atoms with Crippen molar-refractivity contribution in [2.75, 3.05) is 5.32 Å². The minimum atomic E-state index is 0.441. The standard InChI is InChI=1S/C15H27N3/c1-5-13-7-6-8-14(9-13)18-10-12(4)17-15(18)16-11(2)3/h10-11,13-14H,5-9H2,1-4H3,(H,16,17). The maximum absolute atomic E-state index is 4.63. The predicted octanol–water partition coefficient (Wildman–Crippen LogP) is 4.15. The van der Waals surface area contributed by atoms with E-state index in [1.54, 1.807) is 0 Å². The van der Waals surface area contributed by atoms with Crippen molar-refractivity contribution in [2.24, 2.45) is 5.92 Å². The Morgan fingerprint density at radius 3 is 2.89 bits per heavy atom. The minimum Gasteiger partial charge on any atom is -0.353 e. The molecule has 102 valence electrons. The van der Waals surface area contributed by atoms with Crippen molar-refractivity contribution < 1.29 is 0 Å². The molecule has 1 aromatic heterocycles. The lowest BCUT2D eigenvalue weighted by atomic mass is 9.84. The maximum Gasteiger partial charge on any atom is 0.203 e. The summed E-state index contributed by atoms with van der Waals surface area (Å²) in [5.74, 6) is 1.96. The quantitative estimate of drug-likeness (QED) is 0.868. The average Bonchev–Trinajstić information content (AvgIpc) is 2.69. The molecule has 1 heterocycles. The van der Waals surface area contributed by atoms with Crippen LogP contribution in [0.2, 0.25) is 0 Å². The van der Waals surface area contributed by atoms with Crippen molar-refractivity contribution in [3.63, 3.8) is 0 Å². The second-order valence-corrected chi connectivity index (χ2v) is 6.01. The Hall–Kier alpha value is -0.990. The molecular formula is C15H27N3. The van der Waals surface area contributed by atoms with Crippen LogP contribution in [0.1, 0.15) is 64.6 Å². The molecule has 0 radical (unpaired) electrons. The number of hydrogen-bond donors (Lipinski definition) is 1. The molecule has 3 nitrogen and oxygen atoms in total. The fraction of sp³-hybridized carbons (Fsp3) is 0.800. The number of nitrogens with zero attached hydrogens (tertiary/aromatic N) is 2. The molecule has 1 aliphatic carbocycles. The first-order valence-corrected chi connectivity index (χ1v) is 7.42. The third kappa shape index (κ3) is 3.06. The molecule has 1 aliphatic rings. The molecule has 2 unspecified atom stereocenters. The van der Waals surface area contributed by atoms with Crippen LogP contribution in [0.15, 0.2) is 6.20 Å². The summed E-state index contributed by atoms with van der Waals surface area (Å²) in [5.41, 5.74) is 1.12. The van der Waals surface area contributed by atoms with Crippen molar-refractivity contribution in [1.29, 1.82) is 0 Å². The van der Waals surface area contributed by atoms with Gasteiger partial charge in [0, 0.05) is 18.3 Å². The van der Waals surface area contributed by atoms with Gasteiger partial charge in [-0.05, 0) is 39.5 Å². The monoisotopic (exact) mass is 249 g/mol. The third-order valence-corrected chi connectivity index (χ3v) is 4.00. The summed E-state index contributed by atoms with van der Waals surface area (Å²) in [7, 11) is 0. The first-order valence-electron chi connectivity index (χ1n) is 7.42. The summed E-state index contributed by atoms with van der Waals surface area (Å²) in [4.78, 5) is 4.63. The van der Waals surface area contributed by atoms with Crippen molar-refractivity contribution in [1.82, 2.24) is 9.55 Å². The molecule has 3 heteroatoms. The van der Waals surface area contributed by atoms with Crippen molar-refractivity contribution >= 4 is 5.95 Å². The molecule has 0 saturated heterocycles. The van der Waals surface area contributed by atoms with Gasteiger partial charge in [-0.1, -0.05) is 26.2 Å². The highest BCUT2D eigenvalue weighted by Crippen LogP contribution is 2.35. The van der Waals surface area contributed by atoms with Gasteiger partial charge < -0.3 is 9.88 Å². The second-order valence-electron chi connectivity index (χ2n) is 6.01. The zero-order valence-electron chi connectivity index (χ0n) is 12.2.